The van der Waals surface area contributed by atoms with Crippen LogP contribution in [0.2, 0.25) is 5.02 Å². The molecule has 1 saturated heterocycles. The number of carbonyl (C=O) groups is 1. The fourth-order valence-corrected chi connectivity index (χ4v) is 5.91. The van der Waals surface area contributed by atoms with Crippen molar-refractivity contribution in [3.63, 3.8) is 0 Å². The number of aryl methyl sites for hydroxylation is 1. The number of benzene rings is 2. The number of rotatable bonds is 3. The van der Waals surface area contributed by atoms with E-state index in [4.69, 9.17) is 11.6 Å². The fourth-order valence-electron chi connectivity index (χ4n) is 4.15. The van der Waals surface area contributed by atoms with Gasteiger partial charge in [0.25, 0.3) is 5.91 Å². The predicted molar refractivity (Wildman–Crippen MR) is 115 cm³/mol. The zero-order valence-electron chi connectivity index (χ0n) is 16.3. The molecule has 0 aliphatic carbocycles. The Labute approximate surface area is 177 Å². The van der Waals surface area contributed by atoms with Gasteiger partial charge in [0.15, 0.2) is 0 Å². The number of hydrogen-bond acceptors (Lipinski definition) is 3. The van der Waals surface area contributed by atoms with Crippen LogP contribution in [0, 0.1) is 0 Å². The van der Waals surface area contributed by atoms with Crippen molar-refractivity contribution in [3.8, 4) is 0 Å². The molecule has 2 aliphatic rings. The molecule has 2 aromatic carbocycles. The second-order valence-electron chi connectivity index (χ2n) is 7.68. The molecule has 0 radical (unpaired) electrons. The summed E-state index contributed by atoms with van der Waals surface area (Å²) in [5.74, 6) is -0.114. The summed E-state index contributed by atoms with van der Waals surface area (Å²) in [7, 11) is -3.50. The maximum absolute atomic E-state index is 13.1. The van der Waals surface area contributed by atoms with Gasteiger partial charge in [0, 0.05) is 35.9 Å². The molecule has 4 rings (SSSR count). The van der Waals surface area contributed by atoms with E-state index in [1.54, 1.807) is 51.7 Å². The highest BCUT2D eigenvalue weighted by Gasteiger charge is 2.29. The van der Waals surface area contributed by atoms with Gasteiger partial charge in [-0.05, 0) is 67.6 Å². The lowest BCUT2D eigenvalue weighted by molar-refractivity contribution is 0.0985. The van der Waals surface area contributed by atoms with Crippen LogP contribution in [0.15, 0.2) is 47.4 Å². The molecule has 29 heavy (non-hydrogen) atoms. The molecule has 2 aromatic rings. The van der Waals surface area contributed by atoms with E-state index in [2.05, 4.69) is 0 Å². The summed E-state index contributed by atoms with van der Waals surface area (Å²) in [6.07, 6.45) is 5.54. The number of sulfonamides is 1. The van der Waals surface area contributed by atoms with E-state index in [-0.39, 0.29) is 5.91 Å². The van der Waals surface area contributed by atoms with E-state index >= 15 is 0 Å². The topological polar surface area (TPSA) is 57.7 Å². The molecule has 0 bridgehead atoms. The maximum atomic E-state index is 13.1. The maximum Gasteiger partial charge on any atom is 0.258 e. The molecule has 2 aliphatic heterocycles. The average molecular weight is 433 g/mol. The Balaban J connectivity index is 1.64. The van der Waals surface area contributed by atoms with Crippen LogP contribution in [0.5, 0.6) is 0 Å². The first-order valence-corrected chi connectivity index (χ1v) is 12.0. The minimum Gasteiger partial charge on any atom is -0.308 e. The van der Waals surface area contributed by atoms with Crippen LogP contribution < -0.4 is 4.90 Å². The zero-order chi connectivity index (χ0) is 20.4. The molecule has 0 unspecified atom stereocenters. The van der Waals surface area contributed by atoms with E-state index in [0.29, 0.717) is 35.1 Å². The lowest BCUT2D eigenvalue weighted by Gasteiger charge is -2.30. The molecular formula is C22H25ClN2O3S. The summed E-state index contributed by atoms with van der Waals surface area (Å²) in [6, 6.07) is 12.1. The molecule has 2 heterocycles. The molecule has 0 aromatic heterocycles. The molecule has 0 spiro atoms. The highest BCUT2D eigenvalue weighted by Crippen LogP contribution is 2.32. The lowest BCUT2D eigenvalue weighted by atomic mass is 10.0. The van der Waals surface area contributed by atoms with Crippen molar-refractivity contribution in [2.45, 2.75) is 43.4 Å². The van der Waals surface area contributed by atoms with Crippen LogP contribution in [0.1, 0.15) is 48.0 Å². The molecule has 154 valence electrons. The summed E-state index contributed by atoms with van der Waals surface area (Å²) < 4.78 is 27.9. The van der Waals surface area contributed by atoms with Gasteiger partial charge in [-0.15, -0.1) is 0 Å². The summed E-state index contributed by atoms with van der Waals surface area (Å²) in [6.45, 7) is 1.77. The van der Waals surface area contributed by atoms with E-state index in [1.165, 1.54) is 0 Å². The number of anilines is 1. The molecule has 0 N–H and O–H groups in total. The van der Waals surface area contributed by atoms with Crippen molar-refractivity contribution in [1.29, 1.82) is 0 Å². The van der Waals surface area contributed by atoms with Gasteiger partial charge in [-0.2, -0.15) is 4.31 Å². The Bertz CT molecular complexity index is 1010. The standard InChI is InChI=1S/C22H25ClN2O3S/c23-19-9-5-7-18(15-19)22(26)25-14-6-8-17-16-20(10-11-21(17)25)29(27,28)24-12-3-1-2-4-13-24/h5,7,9-11,15-16H,1-4,6,8,12-14H2. The Kier molecular flexibility index (Phi) is 5.95. The number of halogens is 1. The first kappa shape index (κ1) is 20.4. The third-order valence-electron chi connectivity index (χ3n) is 5.69. The molecule has 1 fully saturated rings. The molecule has 7 heteroatoms. The molecule has 0 atom stereocenters. The van der Waals surface area contributed by atoms with E-state index < -0.39 is 10.0 Å². The van der Waals surface area contributed by atoms with Crippen molar-refractivity contribution >= 4 is 33.2 Å². The normalized spacial score (nSPS) is 18.2. The van der Waals surface area contributed by atoms with Gasteiger partial charge in [-0.1, -0.05) is 30.5 Å². The third-order valence-corrected chi connectivity index (χ3v) is 7.82. The average Bonchev–Trinajstić information content (AvgIpc) is 3.02. The van der Waals surface area contributed by atoms with Gasteiger partial charge in [0.05, 0.1) is 4.90 Å². The molecular weight excluding hydrogens is 408 g/mol. The minimum absolute atomic E-state index is 0.114. The van der Waals surface area contributed by atoms with Crippen LogP contribution in [0.3, 0.4) is 0 Å². The van der Waals surface area contributed by atoms with Crippen LogP contribution in [0.4, 0.5) is 5.69 Å². The van der Waals surface area contributed by atoms with Gasteiger partial charge in [0.2, 0.25) is 10.0 Å². The van der Waals surface area contributed by atoms with Gasteiger partial charge < -0.3 is 4.90 Å². The number of carbonyl (C=O) groups excluding carboxylic acids is 1. The SMILES string of the molecule is O=C(c1cccc(Cl)c1)N1CCCc2cc(S(=O)(=O)N3CCCCCC3)ccc21. The summed E-state index contributed by atoms with van der Waals surface area (Å²) in [5, 5.41) is 0.520. The van der Waals surface area contributed by atoms with Gasteiger partial charge in [0.1, 0.15) is 0 Å². The van der Waals surface area contributed by atoms with E-state index in [9.17, 15) is 13.2 Å². The monoisotopic (exact) mass is 432 g/mol. The van der Waals surface area contributed by atoms with E-state index in [0.717, 1.165) is 49.8 Å². The smallest absolute Gasteiger partial charge is 0.258 e. The summed E-state index contributed by atoms with van der Waals surface area (Å²) >= 11 is 6.04. The number of fused-ring (bicyclic) bond motifs is 1. The van der Waals surface area contributed by atoms with Crippen LogP contribution in [0.25, 0.3) is 0 Å². The van der Waals surface area contributed by atoms with Gasteiger partial charge >= 0.3 is 0 Å². The summed E-state index contributed by atoms with van der Waals surface area (Å²) in [5.41, 5.74) is 2.23. The first-order chi connectivity index (χ1) is 14.0. The lowest BCUT2D eigenvalue weighted by Crippen LogP contribution is -2.36. The Morgan fingerprint density at radius 1 is 0.897 bits per heavy atom. The summed E-state index contributed by atoms with van der Waals surface area (Å²) in [4.78, 5) is 15.1. The number of hydrogen-bond donors (Lipinski definition) is 0. The number of amides is 1. The van der Waals surface area contributed by atoms with Crippen LogP contribution in [-0.2, 0) is 16.4 Å². The predicted octanol–water partition coefficient (Wildman–Crippen LogP) is 4.50. The highest BCUT2D eigenvalue weighted by atomic mass is 35.5. The van der Waals surface area contributed by atoms with Gasteiger partial charge in [-0.3, -0.25) is 4.79 Å². The molecule has 5 nitrogen and oxygen atoms in total. The van der Waals surface area contributed by atoms with Crippen molar-refractivity contribution < 1.29 is 13.2 Å². The van der Waals surface area contributed by atoms with Crippen molar-refractivity contribution in [3.05, 3.63) is 58.6 Å². The van der Waals surface area contributed by atoms with Crippen LogP contribution in [-0.4, -0.2) is 38.3 Å². The quantitative estimate of drug-likeness (QED) is 0.717. The van der Waals surface area contributed by atoms with Crippen LogP contribution >= 0.6 is 11.6 Å². The van der Waals surface area contributed by atoms with Crippen molar-refractivity contribution in [2.75, 3.05) is 24.5 Å². The van der Waals surface area contributed by atoms with Crippen molar-refractivity contribution in [2.24, 2.45) is 0 Å². The Morgan fingerprint density at radius 2 is 1.66 bits per heavy atom. The Morgan fingerprint density at radius 3 is 2.38 bits per heavy atom. The fraction of sp³-hybridized carbons (Fsp3) is 0.409. The molecule has 0 saturated carbocycles. The molecule has 1 amide bonds. The second-order valence-corrected chi connectivity index (χ2v) is 10.1. The number of nitrogens with zero attached hydrogens (tertiary/aromatic N) is 2. The Hall–Kier alpha value is -1.89. The highest BCUT2D eigenvalue weighted by molar-refractivity contribution is 7.89. The van der Waals surface area contributed by atoms with Gasteiger partial charge in [-0.25, -0.2) is 8.42 Å². The third kappa shape index (κ3) is 4.20. The first-order valence-electron chi connectivity index (χ1n) is 10.2. The zero-order valence-corrected chi connectivity index (χ0v) is 17.9. The van der Waals surface area contributed by atoms with E-state index in [1.807, 2.05) is 0 Å². The minimum atomic E-state index is -3.50. The second kappa shape index (κ2) is 8.46. The van der Waals surface area contributed by atoms with Crippen molar-refractivity contribution in [1.82, 2.24) is 4.31 Å². The largest absolute Gasteiger partial charge is 0.308 e.